The van der Waals surface area contributed by atoms with Crippen LogP contribution in [0.4, 0.5) is 19.6 Å². The maximum absolute atomic E-state index is 14.7. The van der Waals surface area contributed by atoms with Crippen LogP contribution >= 0.6 is 11.3 Å². The number of carbonyl (C=O) groups excluding carboxylic acids is 1. The fourth-order valence-corrected chi connectivity index (χ4v) is 4.39. The van der Waals surface area contributed by atoms with Crippen molar-refractivity contribution in [3.63, 3.8) is 0 Å². The van der Waals surface area contributed by atoms with Crippen molar-refractivity contribution < 1.29 is 23.8 Å². The highest BCUT2D eigenvalue weighted by Crippen LogP contribution is 2.39. The molecule has 3 rings (SSSR count). The van der Waals surface area contributed by atoms with E-state index in [0.29, 0.717) is 28.5 Å². The molecule has 5 N–H and O–H groups in total. The van der Waals surface area contributed by atoms with Crippen LogP contribution in [0.25, 0.3) is 10.4 Å². The Morgan fingerprint density at radius 3 is 2.48 bits per heavy atom. The Kier molecular flexibility index (Phi) is 6.99. The molecule has 9 heteroatoms. The van der Waals surface area contributed by atoms with E-state index >= 15 is 0 Å². The molecule has 0 saturated heterocycles. The molecule has 0 bridgehead atoms. The van der Waals surface area contributed by atoms with E-state index in [1.807, 2.05) is 0 Å². The number of rotatable bonds is 8. The first-order valence-electron chi connectivity index (χ1n) is 9.64. The summed E-state index contributed by atoms with van der Waals surface area (Å²) in [4.78, 5) is 16.5. The molecule has 2 heterocycles. The minimum Gasteiger partial charge on any atom is -0.396 e. The first-order chi connectivity index (χ1) is 14.7. The van der Waals surface area contributed by atoms with E-state index in [-0.39, 0.29) is 29.0 Å². The molecule has 1 amide bonds. The number of carbonyl (C=O) groups is 1. The van der Waals surface area contributed by atoms with Gasteiger partial charge < -0.3 is 21.3 Å². The van der Waals surface area contributed by atoms with Gasteiger partial charge in [0.1, 0.15) is 22.5 Å². The minimum atomic E-state index is -0.790. The Bertz CT molecular complexity index is 1090. The number of benzene rings is 1. The second-order valence-corrected chi connectivity index (χ2v) is 8.30. The third kappa shape index (κ3) is 5.25. The number of halogens is 2. The molecule has 3 aromatic rings. The third-order valence-electron chi connectivity index (χ3n) is 4.69. The van der Waals surface area contributed by atoms with E-state index in [2.05, 4.69) is 10.3 Å². The highest BCUT2D eigenvalue weighted by Gasteiger charge is 2.21. The van der Waals surface area contributed by atoms with Gasteiger partial charge in [0.05, 0.1) is 17.2 Å². The van der Waals surface area contributed by atoms with Crippen molar-refractivity contribution in [1.82, 2.24) is 4.98 Å². The van der Waals surface area contributed by atoms with Crippen molar-refractivity contribution in [2.24, 2.45) is 5.73 Å². The molecular weight excluding hydrogens is 424 g/mol. The van der Waals surface area contributed by atoms with Crippen LogP contribution < -0.4 is 11.1 Å². The van der Waals surface area contributed by atoms with Crippen LogP contribution in [-0.2, 0) is 12.8 Å². The van der Waals surface area contributed by atoms with Gasteiger partial charge in [-0.1, -0.05) is 6.07 Å². The Hall–Kier alpha value is -2.88. The number of nitrogens with two attached hydrogens (primary N) is 1. The van der Waals surface area contributed by atoms with E-state index in [1.54, 1.807) is 19.1 Å². The molecule has 0 aliphatic heterocycles. The van der Waals surface area contributed by atoms with Crippen molar-refractivity contribution in [3.05, 3.63) is 64.4 Å². The maximum atomic E-state index is 14.7. The van der Waals surface area contributed by atoms with Gasteiger partial charge in [-0.2, -0.15) is 0 Å². The summed E-state index contributed by atoms with van der Waals surface area (Å²) in [5.74, 6) is -1.89. The SMILES string of the molecule is Cc1nc(Nc2sc(-c3c(F)cc(CC(C)O)cc3F)cc2C(N)=O)ccc1CCO. The molecular formula is C22H23F2N3O3S. The zero-order valence-corrected chi connectivity index (χ0v) is 17.9. The van der Waals surface area contributed by atoms with Gasteiger partial charge in [-0.05, 0) is 62.1 Å². The Labute approximate surface area is 182 Å². The van der Waals surface area contributed by atoms with Gasteiger partial charge in [0.2, 0.25) is 0 Å². The second kappa shape index (κ2) is 9.51. The molecule has 0 spiro atoms. The number of thiophene rings is 1. The van der Waals surface area contributed by atoms with Crippen molar-refractivity contribution in [2.45, 2.75) is 32.8 Å². The first-order valence-corrected chi connectivity index (χ1v) is 10.5. The summed E-state index contributed by atoms with van der Waals surface area (Å²) in [6.45, 7) is 3.33. The highest BCUT2D eigenvalue weighted by atomic mass is 32.1. The van der Waals surface area contributed by atoms with Gasteiger partial charge in [0.25, 0.3) is 5.91 Å². The van der Waals surface area contributed by atoms with Gasteiger partial charge in [0.15, 0.2) is 0 Å². The van der Waals surface area contributed by atoms with Crippen LogP contribution in [0.15, 0.2) is 30.3 Å². The molecule has 0 aliphatic carbocycles. The molecule has 0 fully saturated rings. The number of nitrogens with zero attached hydrogens (tertiary/aromatic N) is 1. The Morgan fingerprint density at radius 2 is 1.94 bits per heavy atom. The number of aliphatic hydroxyl groups excluding tert-OH is 2. The molecule has 6 nitrogen and oxygen atoms in total. The number of hydrogen-bond acceptors (Lipinski definition) is 6. The van der Waals surface area contributed by atoms with Crippen LogP contribution in [0.3, 0.4) is 0 Å². The Balaban J connectivity index is 1.98. The van der Waals surface area contributed by atoms with E-state index in [9.17, 15) is 18.7 Å². The van der Waals surface area contributed by atoms with Gasteiger partial charge in [-0.25, -0.2) is 13.8 Å². The number of aryl methyl sites for hydroxylation is 1. The molecule has 0 aliphatic rings. The molecule has 2 aromatic heterocycles. The van der Waals surface area contributed by atoms with Gasteiger partial charge in [0, 0.05) is 17.2 Å². The molecule has 1 aromatic carbocycles. The molecule has 0 radical (unpaired) electrons. The zero-order valence-electron chi connectivity index (χ0n) is 17.1. The molecule has 0 saturated carbocycles. The number of hydrogen-bond donors (Lipinski definition) is 4. The normalized spacial score (nSPS) is 12.1. The van der Waals surface area contributed by atoms with Gasteiger partial charge in [-0.3, -0.25) is 4.79 Å². The van der Waals surface area contributed by atoms with Crippen LogP contribution in [0.1, 0.15) is 34.1 Å². The summed E-state index contributed by atoms with van der Waals surface area (Å²) in [6, 6.07) is 7.19. The lowest BCUT2D eigenvalue weighted by atomic mass is 10.0. The van der Waals surface area contributed by atoms with E-state index in [0.717, 1.165) is 16.9 Å². The summed E-state index contributed by atoms with van der Waals surface area (Å²) in [6.07, 6.45) is -0.142. The number of aromatic nitrogens is 1. The first kappa shape index (κ1) is 22.8. The van der Waals surface area contributed by atoms with E-state index in [4.69, 9.17) is 10.8 Å². The average molecular weight is 448 g/mol. The van der Waals surface area contributed by atoms with E-state index in [1.165, 1.54) is 25.1 Å². The fourth-order valence-electron chi connectivity index (χ4n) is 3.27. The molecule has 31 heavy (non-hydrogen) atoms. The fraction of sp³-hybridized carbons (Fsp3) is 0.273. The number of pyridine rings is 1. The second-order valence-electron chi connectivity index (χ2n) is 7.24. The number of primary amides is 1. The lowest BCUT2D eigenvalue weighted by Crippen LogP contribution is -2.11. The summed E-state index contributed by atoms with van der Waals surface area (Å²) in [5, 5.41) is 21.9. The average Bonchev–Trinajstić information content (AvgIpc) is 3.06. The smallest absolute Gasteiger partial charge is 0.251 e. The van der Waals surface area contributed by atoms with Crippen molar-refractivity contribution >= 4 is 28.1 Å². The highest BCUT2D eigenvalue weighted by molar-refractivity contribution is 7.20. The summed E-state index contributed by atoms with van der Waals surface area (Å²) >= 11 is 0.983. The van der Waals surface area contributed by atoms with Crippen molar-refractivity contribution in [1.29, 1.82) is 0 Å². The van der Waals surface area contributed by atoms with Crippen molar-refractivity contribution in [3.8, 4) is 10.4 Å². The zero-order chi connectivity index (χ0) is 22.7. The minimum absolute atomic E-state index is 0.00252. The van der Waals surface area contributed by atoms with E-state index < -0.39 is 23.6 Å². The van der Waals surface area contributed by atoms with Crippen LogP contribution in [-0.4, -0.2) is 33.8 Å². The summed E-state index contributed by atoms with van der Waals surface area (Å²) in [5.41, 5.74) is 7.23. The quantitative estimate of drug-likeness (QED) is 0.421. The van der Waals surface area contributed by atoms with Crippen LogP contribution in [0.5, 0.6) is 0 Å². The van der Waals surface area contributed by atoms with Gasteiger partial charge >= 0.3 is 0 Å². The van der Waals surface area contributed by atoms with Crippen molar-refractivity contribution in [2.75, 3.05) is 11.9 Å². The predicted octanol–water partition coefficient (Wildman–Crippen LogP) is 3.70. The third-order valence-corrected chi connectivity index (χ3v) is 5.76. The monoisotopic (exact) mass is 447 g/mol. The standard InChI is InChI=1S/C22H23F2N3O3S/c1-11(29)7-13-8-16(23)20(17(24)9-13)18-10-15(21(25)30)22(31-18)27-19-4-3-14(5-6-28)12(2)26-19/h3-4,8-11,28-29H,5-7H2,1-2H3,(H2,25,30)(H,26,27). The maximum Gasteiger partial charge on any atom is 0.251 e. The van der Waals surface area contributed by atoms with Crippen LogP contribution in [0, 0.1) is 18.6 Å². The number of aliphatic hydroxyl groups is 2. The largest absolute Gasteiger partial charge is 0.396 e. The van der Waals surface area contributed by atoms with Gasteiger partial charge in [-0.15, -0.1) is 11.3 Å². The summed E-state index contributed by atoms with van der Waals surface area (Å²) < 4.78 is 29.4. The summed E-state index contributed by atoms with van der Waals surface area (Å²) in [7, 11) is 0. The lowest BCUT2D eigenvalue weighted by molar-refractivity contribution is 0.100. The van der Waals surface area contributed by atoms with Crippen LogP contribution in [0.2, 0.25) is 0 Å². The molecule has 164 valence electrons. The molecule has 1 atom stereocenters. The molecule has 1 unspecified atom stereocenters. The number of anilines is 2. The Morgan fingerprint density at radius 1 is 1.26 bits per heavy atom. The number of amides is 1. The predicted molar refractivity (Wildman–Crippen MR) is 117 cm³/mol. The number of nitrogens with one attached hydrogen (secondary N) is 1. The topological polar surface area (TPSA) is 108 Å². The lowest BCUT2D eigenvalue weighted by Gasteiger charge is -2.09.